The van der Waals surface area contributed by atoms with Crippen molar-refractivity contribution in [3.8, 4) is 11.5 Å². The number of nitrogens with zero attached hydrogens (tertiary/aromatic N) is 2. The molecule has 3 aromatic rings. The molecule has 0 fully saturated rings. The van der Waals surface area contributed by atoms with Crippen molar-refractivity contribution in [1.82, 2.24) is 10.2 Å². The molecular formula is C32H41N3O6S. The first-order valence-electron chi connectivity index (χ1n) is 13.8. The summed E-state index contributed by atoms with van der Waals surface area (Å²) in [5.74, 6) is -0.234. The third kappa shape index (κ3) is 8.03. The number of amides is 2. The van der Waals surface area contributed by atoms with E-state index in [0.717, 1.165) is 15.4 Å². The molecule has 10 heteroatoms. The standard InChI is InChI=1S/C32H41N3O6S/c1-8-27(31(37)33-32(3,4)5)34(21-24-16-14-23(2)15-17-24)30(36)22-35(42(38,39)26-12-10-9-11-13-26)28-20-25(40-6)18-19-29(28)41-7/h9-20,27H,8,21-22H2,1-7H3,(H,33,37)/t27-/m0/s1. The molecular weight excluding hydrogens is 554 g/mol. The fourth-order valence-electron chi connectivity index (χ4n) is 4.49. The van der Waals surface area contributed by atoms with E-state index < -0.39 is 34.1 Å². The summed E-state index contributed by atoms with van der Waals surface area (Å²) in [6.45, 7) is 8.93. The van der Waals surface area contributed by atoms with E-state index in [2.05, 4.69) is 5.32 Å². The normalized spacial score (nSPS) is 12.3. The minimum atomic E-state index is -4.25. The summed E-state index contributed by atoms with van der Waals surface area (Å²) in [4.78, 5) is 29.2. The molecule has 0 saturated carbocycles. The summed E-state index contributed by atoms with van der Waals surface area (Å²) in [6.07, 6.45) is 0.327. The highest BCUT2D eigenvalue weighted by Gasteiger charge is 2.35. The van der Waals surface area contributed by atoms with E-state index in [1.807, 2.05) is 58.9 Å². The summed E-state index contributed by atoms with van der Waals surface area (Å²) in [5.41, 5.74) is 1.48. The predicted octanol–water partition coefficient (Wildman–Crippen LogP) is 4.93. The summed E-state index contributed by atoms with van der Waals surface area (Å²) < 4.78 is 40.1. The Hall–Kier alpha value is -4.05. The van der Waals surface area contributed by atoms with Gasteiger partial charge in [-0.2, -0.15) is 0 Å². The van der Waals surface area contributed by atoms with Gasteiger partial charge in [-0.1, -0.05) is 55.0 Å². The van der Waals surface area contributed by atoms with Gasteiger partial charge in [0.15, 0.2) is 0 Å². The smallest absolute Gasteiger partial charge is 0.264 e. The van der Waals surface area contributed by atoms with Crippen LogP contribution in [-0.2, 0) is 26.2 Å². The zero-order chi connectivity index (χ0) is 31.1. The molecule has 226 valence electrons. The van der Waals surface area contributed by atoms with Crippen LogP contribution >= 0.6 is 0 Å². The first-order chi connectivity index (χ1) is 19.8. The number of ether oxygens (including phenoxy) is 2. The molecule has 0 aliphatic carbocycles. The topological polar surface area (TPSA) is 105 Å². The number of sulfonamides is 1. The molecule has 0 radical (unpaired) electrons. The largest absolute Gasteiger partial charge is 0.497 e. The van der Waals surface area contributed by atoms with Gasteiger partial charge in [-0.3, -0.25) is 13.9 Å². The molecule has 0 spiro atoms. The number of carbonyl (C=O) groups is 2. The number of aryl methyl sites for hydroxylation is 1. The second-order valence-corrected chi connectivity index (χ2v) is 12.9. The highest BCUT2D eigenvalue weighted by atomic mass is 32.2. The second kappa shape index (κ2) is 13.7. The van der Waals surface area contributed by atoms with Gasteiger partial charge in [0.25, 0.3) is 10.0 Å². The fraction of sp³-hybridized carbons (Fsp3) is 0.375. The molecule has 3 aromatic carbocycles. The van der Waals surface area contributed by atoms with Crippen molar-refractivity contribution in [3.63, 3.8) is 0 Å². The Morgan fingerprint density at radius 2 is 1.57 bits per heavy atom. The van der Waals surface area contributed by atoms with Gasteiger partial charge in [0.2, 0.25) is 11.8 Å². The van der Waals surface area contributed by atoms with Crippen LogP contribution in [0.1, 0.15) is 45.2 Å². The number of carbonyl (C=O) groups excluding carboxylic acids is 2. The number of nitrogens with one attached hydrogen (secondary N) is 1. The van der Waals surface area contributed by atoms with Crippen molar-refractivity contribution >= 4 is 27.5 Å². The van der Waals surface area contributed by atoms with Gasteiger partial charge in [-0.25, -0.2) is 8.42 Å². The molecule has 0 unspecified atom stereocenters. The second-order valence-electron chi connectivity index (χ2n) is 11.0. The average molecular weight is 596 g/mol. The Balaban J connectivity index is 2.14. The predicted molar refractivity (Wildman–Crippen MR) is 164 cm³/mol. The minimum absolute atomic E-state index is 0.00488. The maximum Gasteiger partial charge on any atom is 0.264 e. The average Bonchev–Trinajstić information content (AvgIpc) is 2.95. The Labute approximate surface area is 249 Å². The Bertz CT molecular complexity index is 1470. The molecule has 2 amide bonds. The van der Waals surface area contributed by atoms with E-state index in [0.29, 0.717) is 12.2 Å². The lowest BCUT2D eigenvalue weighted by atomic mass is 10.1. The third-order valence-electron chi connectivity index (χ3n) is 6.62. The maximum absolute atomic E-state index is 14.3. The van der Waals surface area contributed by atoms with Crippen LogP contribution in [0, 0.1) is 6.92 Å². The molecule has 3 rings (SSSR count). The van der Waals surface area contributed by atoms with Gasteiger partial charge >= 0.3 is 0 Å². The van der Waals surface area contributed by atoms with Crippen molar-refractivity contribution in [2.24, 2.45) is 0 Å². The van der Waals surface area contributed by atoms with Crippen molar-refractivity contribution < 1.29 is 27.5 Å². The first kappa shape index (κ1) is 32.5. The lowest BCUT2D eigenvalue weighted by Gasteiger charge is -2.35. The molecule has 42 heavy (non-hydrogen) atoms. The fourth-order valence-corrected chi connectivity index (χ4v) is 5.92. The van der Waals surface area contributed by atoms with Gasteiger partial charge < -0.3 is 19.7 Å². The van der Waals surface area contributed by atoms with Gasteiger partial charge in [-0.05, 0) is 63.9 Å². The van der Waals surface area contributed by atoms with Crippen LogP contribution in [0.25, 0.3) is 0 Å². The van der Waals surface area contributed by atoms with Gasteiger partial charge in [-0.15, -0.1) is 0 Å². The lowest BCUT2D eigenvalue weighted by molar-refractivity contribution is -0.141. The molecule has 0 heterocycles. The highest BCUT2D eigenvalue weighted by molar-refractivity contribution is 7.92. The van der Waals surface area contributed by atoms with Crippen LogP contribution < -0.4 is 19.1 Å². The van der Waals surface area contributed by atoms with Gasteiger partial charge in [0, 0.05) is 18.2 Å². The number of hydrogen-bond donors (Lipinski definition) is 1. The van der Waals surface area contributed by atoms with Crippen LogP contribution in [0.4, 0.5) is 5.69 Å². The van der Waals surface area contributed by atoms with Crippen molar-refractivity contribution in [1.29, 1.82) is 0 Å². The first-order valence-corrected chi connectivity index (χ1v) is 15.2. The molecule has 9 nitrogen and oxygen atoms in total. The summed E-state index contributed by atoms with van der Waals surface area (Å²) in [5, 5.41) is 2.97. The SMILES string of the molecule is CC[C@@H](C(=O)NC(C)(C)C)N(Cc1ccc(C)cc1)C(=O)CN(c1cc(OC)ccc1OC)S(=O)(=O)c1ccccc1. The zero-order valence-electron chi connectivity index (χ0n) is 25.4. The Morgan fingerprint density at radius 1 is 0.929 bits per heavy atom. The quantitative estimate of drug-likeness (QED) is 0.318. The van der Waals surface area contributed by atoms with Crippen LogP contribution in [0.2, 0.25) is 0 Å². The number of anilines is 1. The van der Waals surface area contributed by atoms with E-state index in [-0.39, 0.29) is 28.8 Å². The van der Waals surface area contributed by atoms with E-state index >= 15 is 0 Å². The third-order valence-corrected chi connectivity index (χ3v) is 8.40. The summed E-state index contributed by atoms with van der Waals surface area (Å²) >= 11 is 0. The van der Waals surface area contributed by atoms with Crippen molar-refractivity contribution in [3.05, 3.63) is 83.9 Å². The maximum atomic E-state index is 14.3. The molecule has 0 saturated heterocycles. The van der Waals surface area contributed by atoms with Crippen LogP contribution in [0.5, 0.6) is 11.5 Å². The minimum Gasteiger partial charge on any atom is -0.497 e. The van der Waals surface area contributed by atoms with Crippen molar-refractivity contribution in [2.75, 3.05) is 25.1 Å². The van der Waals surface area contributed by atoms with Crippen LogP contribution in [-0.4, -0.2) is 57.5 Å². The molecule has 0 bridgehead atoms. The number of methoxy groups -OCH3 is 2. The van der Waals surface area contributed by atoms with E-state index in [9.17, 15) is 18.0 Å². The Kier molecular flexibility index (Phi) is 10.6. The molecule has 1 atom stereocenters. The van der Waals surface area contributed by atoms with Crippen LogP contribution in [0.15, 0.2) is 77.7 Å². The molecule has 0 aromatic heterocycles. The van der Waals surface area contributed by atoms with E-state index in [1.165, 1.54) is 37.3 Å². The zero-order valence-corrected chi connectivity index (χ0v) is 26.2. The number of rotatable bonds is 12. The molecule has 0 aliphatic heterocycles. The molecule has 1 N–H and O–H groups in total. The lowest BCUT2D eigenvalue weighted by Crippen LogP contribution is -2.55. The molecule has 0 aliphatic rings. The van der Waals surface area contributed by atoms with Gasteiger partial charge in [0.05, 0.1) is 24.8 Å². The summed E-state index contributed by atoms with van der Waals surface area (Å²) in [6, 6.07) is 19.4. The van der Waals surface area contributed by atoms with E-state index in [4.69, 9.17) is 9.47 Å². The summed E-state index contributed by atoms with van der Waals surface area (Å²) in [7, 11) is -1.36. The highest BCUT2D eigenvalue weighted by Crippen LogP contribution is 2.36. The van der Waals surface area contributed by atoms with E-state index in [1.54, 1.807) is 30.3 Å². The van der Waals surface area contributed by atoms with Crippen molar-refractivity contribution in [2.45, 2.75) is 64.1 Å². The Morgan fingerprint density at radius 3 is 2.12 bits per heavy atom. The monoisotopic (exact) mass is 595 g/mol. The number of hydrogen-bond acceptors (Lipinski definition) is 6. The van der Waals surface area contributed by atoms with Gasteiger partial charge in [0.1, 0.15) is 24.1 Å². The number of benzene rings is 3. The van der Waals surface area contributed by atoms with Crippen LogP contribution in [0.3, 0.4) is 0 Å².